The number of rotatable bonds is 6. The zero-order chi connectivity index (χ0) is 21.3. The summed E-state index contributed by atoms with van der Waals surface area (Å²) in [5.74, 6) is 0.390. The van der Waals surface area contributed by atoms with Crippen LogP contribution in [0.1, 0.15) is 38.5 Å². The number of halogens is 2. The van der Waals surface area contributed by atoms with Gasteiger partial charge in [0.2, 0.25) is 0 Å². The lowest BCUT2D eigenvalue weighted by molar-refractivity contribution is -0.127. The quantitative estimate of drug-likeness (QED) is 0.457. The molecule has 0 spiro atoms. The number of nitriles is 1. The molecule has 7 unspecified atom stereocenters. The minimum absolute atomic E-state index is 0.0621. The summed E-state index contributed by atoms with van der Waals surface area (Å²) in [5.41, 5.74) is 4.26. The Morgan fingerprint density at radius 1 is 1.37 bits per heavy atom. The standard InChI is InChI=1S/C21H34ClFN6O/c22-17-2-1-14(7-15(17)9-25)18-26-10-16(11-27-20(30)21(23)4-5-21)19(28-18)29-6-3-13(8-24)12-29/h13-19,26,28H,1-8,10-12,24H2,(H,27,30). The van der Waals surface area contributed by atoms with Gasteiger partial charge < -0.3 is 16.4 Å². The molecular weight excluding hydrogens is 407 g/mol. The molecule has 4 rings (SSSR count). The van der Waals surface area contributed by atoms with Crippen molar-refractivity contribution in [3.63, 3.8) is 0 Å². The van der Waals surface area contributed by atoms with E-state index < -0.39 is 11.6 Å². The number of alkyl halides is 2. The molecule has 1 amide bonds. The average Bonchev–Trinajstić information content (AvgIpc) is 3.34. The van der Waals surface area contributed by atoms with Gasteiger partial charge in [-0.1, -0.05) is 0 Å². The van der Waals surface area contributed by atoms with Crippen molar-refractivity contribution in [2.45, 2.75) is 61.9 Å². The Hall–Kier alpha value is -0.980. The monoisotopic (exact) mass is 440 g/mol. The topological polar surface area (TPSA) is 106 Å². The van der Waals surface area contributed by atoms with Crippen molar-refractivity contribution in [1.82, 2.24) is 20.9 Å². The molecule has 9 heteroatoms. The van der Waals surface area contributed by atoms with Crippen molar-refractivity contribution in [2.75, 3.05) is 32.7 Å². The molecule has 2 saturated heterocycles. The van der Waals surface area contributed by atoms with Crippen LogP contribution < -0.4 is 21.7 Å². The largest absolute Gasteiger partial charge is 0.353 e. The molecule has 7 nitrogen and oxygen atoms in total. The van der Waals surface area contributed by atoms with E-state index in [2.05, 4.69) is 26.9 Å². The Bertz CT molecular complexity index is 670. The van der Waals surface area contributed by atoms with E-state index in [9.17, 15) is 14.4 Å². The van der Waals surface area contributed by atoms with Crippen molar-refractivity contribution >= 4 is 17.5 Å². The number of carbonyl (C=O) groups is 1. The highest BCUT2D eigenvalue weighted by atomic mass is 35.5. The van der Waals surface area contributed by atoms with Gasteiger partial charge in [-0.25, -0.2) is 4.39 Å². The second-order valence-corrected chi connectivity index (χ2v) is 10.2. The molecule has 2 aliphatic heterocycles. The molecule has 4 fully saturated rings. The minimum atomic E-state index is -1.64. The predicted molar refractivity (Wildman–Crippen MR) is 113 cm³/mol. The summed E-state index contributed by atoms with van der Waals surface area (Å²) in [6, 6.07) is 2.37. The molecule has 0 aromatic rings. The second-order valence-electron chi connectivity index (χ2n) is 9.64. The predicted octanol–water partition coefficient (Wildman–Crippen LogP) is 0.894. The summed E-state index contributed by atoms with van der Waals surface area (Å²) >= 11 is 6.33. The van der Waals surface area contributed by atoms with Gasteiger partial charge in [0.15, 0.2) is 5.67 Å². The summed E-state index contributed by atoms with van der Waals surface area (Å²) in [6.07, 6.45) is 4.57. The summed E-state index contributed by atoms with van der Waals surface area (Å²) in [4.78, 5) is 14.5. The normalized spacial score (nSPS) is 41.2. The lowest BCUT2D eigenvalue weighted by Crippen LogP contribution is -2.67. The number of nitrogens with one attached hydrogen (secondary N) is 3. The fourth-order valence-corrected chi connectivity index (χ4v) is 5.57. The van der Waals surface area contributed by atoms with E-state index in [0.717, 1.165) is 45.3 Å². The third-order valence-electron chi connectivity index (χ3n) is 7.51. The lowest BCUT2D eigenvalue weighted by atomic mass is 9.79. The maximum Gasteiger partial charge on any atom is 0.257 e. The summed E-state index contributed by atoms with van der Waals surface area (Å²) < 4.78 is 14.0. The highest BCUT2D eigenvalue weighted by Gasteiger charge is 2.51. The van der Waals surface area contributed by atoms with Gasteiger partial charge >= 0.3 is 0 Å². The van der Waals surface area contributed by atoms with Gasteiger partial charge in [0.1, 0.15) is 0 Å². The fourth-order valence-electron chi connectivity index (χ4n) is 5.29. The van der Waals surface area contributed by atoms with Gasteiger partial charge in [0, 0.05) is 37.5 Å². The summed E-state index contributed by atoms with van der Waals surface area (Å²) in [5, 5.41) is 19.6. The Kier molecular flexibility index (Phi) is 6.85. The van der Waals surface area contributed by atoms with E-state index in [4.69, 9.17) is 17.3 Å². The van der Waals surface area contributed by atoms with Gasteiger partial charge in [-0.3, -0.25) is 15.0 Å². The molecule has 0 aromatic carbocycles. The molecule has 5 N–H and O–H groups in total. The smallest absolute Gasteiger partial charge is 0.257 e. The van der Waals surface area contributed by atoms with Crippen LogP contribution in [0.15, 0.2) is 0 Å². The van der Waals surface area contributed by atoms with Crippen molar-refractivity contribution in [2.24, 2.45) is 29.4 Å². The second kappa shape index (κ2) is 9.25. The molecule has 7 atom stereocenters. The van der Waals surface area contributed by atoms with Gasteiger partial charge in [-0.15, -0.1) is 11.6 Å². The number of hydrogen-bond donors (Lipinski definition) is 4. The molecule has 2 aliphatic carbocycles. The van der Waals surface area contributed by atoms with E-state index in [1.165, 1.54) is 0 Å². The maximum atomic E-state index is 14.0. The number of likely N-dealkylation sites (tertiary alicyclic amines) is 1. The molecule has 2 saturated carbocycles. The number of amides is 1. The molecule has 0 aromatic heterocycles. The van der Waals surface area contributed by atoms with Crippen molar-refractivity contribution in [1.29, 1.82) is 5.26 Å². The van der Waals surface area contributed by atoms with Crippen LogP contribution >= 0.6 is 11.6 Å². The minimum Gasteiger partial charge on any atom is -0.353 e. The van der Waals surface area contributed by atoms with Gasteiger partial charge in [0.05, 0.1) is 24.3 Å². The van der Waals surface area contributed by atoms with Crippen LogP contribution in [0.5, 0.6) is 0 Å². The van der Waals surface area contributed by atoms with Crippen LogP contribution in [-0.2, 0) is 4.79 Å². The molecule has 4 aliphatic rings. The third-order valence-corrected chi connectivity index (χ3v) is 8.03. The molecular formula is C21H34ClFN6O. The van der Waals surface area contributed by atoms with Gasteiger partial charge in [-0.05, 0) is 56.9 Å². The van der Waals surface area contributed by atoms with Crippen LogP contribution in [0, 0.1) is 35.0 Å². The average molecular weight is 441 g/mol. The Morgan fingerprint density at radius 3 is 2.83 bits per heavy atom. The first-order valence-corrected chi connectivity index (χ1v) is 11.8. The summed E-state index contributed by atoms with van der Waals surface area (Å²) in [6.45, 7) is 3.78. The number of hydrogen-bond acceptors (Lipinski definition) is 6. The molecule has 0 radical (unpaired) electrons. The molecule has 2 heterocycles. The van der Waals surface area contributed by atoms with E-state index >= 15 is 0 Å². The number of nitrogens with zero attached hydrogens (tertiary/aromatic N) is 2. The van der Waals surface area contributed by atoms with Crippen molar-refractivity contribution < 1.29 is 9.18 Å². The van der Waals surface area contributed by atoms with E-state index in [0.29, 0.717) is 37.8 Å². The third kappa shape index (κ3) is 4.76. The van der Waals surface area contributed by atoms with Crippen LogP contribution in [0.4, 0.5) is 4.39 Å². The van der Waals surface area contributed by atoms with Crippen molar-refractivity contribution in [3.05, 3.63) is 0 Å². The zero-order valence-electron chi connectivity index (χ0n) is 17.5. The highest BCUT2D eigenvalue weighted by molar-refractivity contribution is 6.21. The first kappa shape index (κ1) is 22.2. The SMILES string of the molecule is N#CC1CC(C2NCC(CNC(=O)C3(F)CC3)C(N3CCC(CN)C3)N2)CCC1Cl. The Morgan fingerprint density at radius 2 is 2.17 bits per heavy atom. The Labute approximate surface area is 183 Å². The fraction of sp³-hybridized carbons (Fsp3) is 0.905. The molecule has 30 heavy (non-hydrogen) atoms. The maximum absolute atomic E-state index is 14.0. The molecule has 0 bridgehead atoms. The Balaban J connectivity index is 1.40. The zero-order valence-corrected chi connectivity index (χ0v) is 18.2. The van der Waals surface area contributed by atoms with E-state index in [1.54, 1.807) is 0 Å². The van der Waals surface area contributed by atoms with E-state index in [-0.39, 0.29) is 29.5 Å². The first-order chi connectivity index (χ1) is 14.4. The van der Waals surface area contributed by atoms with Crippen LogP contribution in [0.25, 0.3) is 0 Å². The number of nitrogens with two attached hydrogens (primary N) is 1. The van der Waals surface area contributed by atoms with Crippen LogP contribution in [0.3, 0.4) is 0 Å². The molecule has 168 valence electrons. The van der Waals surface area contributed by atoms with Gasteiger partial charge in [0.25, 0.3) is 5.91 Å². The van der Waals surface area contributed by atoms with Crippen LogP contribution in [-0.4, -0.2) is 66.9 Å². The van der Waals surface area contributed by atoms with Crippen molar-refractivity contribution in [3.8, 4) is 6.07 Å². The summed E-state index contributed by atoms with van der Waals surface area (Å²) in [7, 11) is 0. The van der Waals surface area contributed by atoms with Crippen LogP contribution in [0.2, 0.25) is 0 Å². The van der Waals surface area contributed by atoms with Gasteiger partial charge in [-0.2, -0.15) is 5.26 Å². The lowest BCUT2D eigenvalue weighted by Gasteiger charge is -2.46. The first-order valence-electron chi connectivity index (χ1n) is 11.4. The van der Waals surface area contributed by atoms with E-state index in [1.807, 2.05) is 0 Å². The highest BCUT2D eigenvalue weighted by Crippen LogP contribution is 2.40. The number of carbonyl (C=O) groups excluding carboxylic acids is 1.